The average molecular weight is 340 g/mol. The van der Waals surface area contributed by atoms with Crippen LogP contribution in [0.2, 0.25) is 0 Å². The monoisotopic (exact) mass is 339 g/mol. The van der Waals surface area contributed by atoms with E-state index in [1.54, 1.807) is 5.57 Å². The second-order valence-corrected chi connectivity index (χ2v) is 8.91. The second kappa shape index (κ2) is 6.85. The van der Waals surface area contributed by atoms with Crippen LogP contribution in [0.3, 0.4) is 0 Å². The third-order valence-electron chi connectivity index (χ3n) is 8.21. The molecule has 0 aromatic rings. The third-order valence-corrected chi connectivity index (χ3v) is 8.21. The molecule has 0 aromatic heterocycles. The van der Waals surface area contributed by atoms with E-state index >= 15 is 0 Å². The Morgan fingerprint density at radius 1 is 1.20 bits per heavy atom. The molecule has 3 saturated carbocycles. The van der Waals surface area contributed by atoms with E-state index in [1.807, 2.05) is 6.08 Å². The van der Waals surface area contributed by atoms with E-state index in [0.29, 0.717) is 11.8 Å². The van der Waals surface area contributed by atoms with E-state index < -0.39 is 0 Å². The van der Waals surface area contributed by atoms with Crippen LogP contribution in [0, 0.1) is 35.0 Å². The highest BCUT2D eigenvalue weighted by Gasteiger charge is 2.57. The van der Waals surface area contributed by atoms with Gasteiger partial charge in [0.05, 0.1) is 6.54 Å². The number of aldehydes is 1. The molecular weight excluding hydrogens is 306 g/mol. The zero-order valence-corrected chi connectivity index (χ0v) is 15.8. The number of hydrogen-bond acceptors (Lipinski definition) is 2. The van der Waals surface area contributed by atoms with Gasteiger partial charge in [0.2, 0.25) is 0 Å². The maximum atomic E-state index is 12.2. The molecule has 0 spiro atoms. The Morgan fingerprint density at radius 3 is 2.84 bits per heavy atom. The van der Waals surface area contributed by atoms with Gasteiger partial charge in [-0.3, -0.25) is 4.99 Å². The van der Waals surface area contributed by atoms with Crippen LogP contribution in [0.4, 0.5) is 0 Å². The predicted molar refractivity (Wildman–Crippen MR) is 104 cm³/mol. The van der Waals surface area contributed by atoms with Gasteiger partial charge in [0.15, 0.2) is 0 Å². The van der Waals surface area contributed by atoms with Gasteiger partial charge in [0.1, 0.15) is 6.29 Å². The van der Waals surface area contributed by atoms with Crippen molar-refractivity contribution < 1.29 is 4.79 Å². The Labute approximate surface area is 152 Å². The molecule has 4 aliphatic rings. The molecule has 0 saturated heterocycles. The van der Waals surface area contributed by atoms with Crippen molar-refractivity contribution in [1.29, 1.82) is 0 Å². The lowest BCUT2D eigenvalue weighted by Gasteiger charge is -2.53. The summed E-state index contributed by atoms with van der Waals surface area (Å²) in [5, 5.41) is 0. The molecule has 3 fully saturated rings. The maximum Gasteiger partial charge on any atom is 0.126 e. The Hall–Kier alpha value is -1.18. The summed E-state index contributed by atoms with van der Waals surface area (Å²) < 4.78 is 0. The minimum absolute atomic E-state index is 0.0301. The Bertz CT molecular complexity index is 603. The van der Waals surface area contributed by atoms with Gasteiger partial charge >= 0.3 is 0 Å². The number of carbonyl (C=O) groups excluding carboxylic acids is 1. The third kappa shape index (κ3) is 2.67. The van der Waals surface area contributed by atoms with Gasteiger partial charge in [-0.05, 0) is 87.0 Å². The fourth-order valence-electron chi connectivity index (χ4n) is 7.16. The molecule has 6 unspecified atom stereocenters. The van der Waals surface area contributed by atoms with Crippen molar-refractivity contribution in [2.75, 3.05) is 6.54 Å². The summed E-state index contributed by atoms with van der Waals surface area (Å²) in [6.07, 6.45) is 16.9. The van der Waals surface area contributed by atoms with Crippen LogP contribution in [-0.2, 0) is 4.79 Å². The lowest BCUT2D eigenvalue weighted by Crippen LogP contribution is -2.48. The lowest BCUT2D eigenvalue weighted by atomic mass is 9.51. The van der Waals surface area contributed by atoms with Gasteiger partial charge < -0.3 is 4.79 Å². The van der Waals surface area contributed by atoms with Crippen LogP contribution in [0.1, 0.15) is 64.7 Å². The molecular formula is C23H33NO. The van der Waals surface area contributed by atoms with Crippen molar-refractivity contribution in [1.82, 2.24) is 0 Å². The van der Waals surface area contributed by atoms with Crippen molar-refractivity contribution in [3.05, 3.63) is 24.3 Å². The molecule has 136 valence electrons. The molecule has 2 nitrogen and oxygen atoms in total. The molecule has 0 radical (unpaired) electrons. The smallest absolute Gasteiger partial charge is 0.126 e. The molecule has 4 rings (SSSR count). The van der Waals surface area contributed by atoms with Crippen molar-refractivity contribution in [2.24, 2.45) is 40.0 Å². The zero-order chi connectivity index (χ0) is 17.4. The number of rotatable bonds is 4. The summed E-state index contributed by atoms with van der Waals surface area (Å²) in [6, 6.07) is 0. The summed E-state index contributed by atoms with van der Waals surface area (Å²) in [6.45, 7) is 6.82. The molecule has 6 atom stereocenters. The van der Waals surface area contributed by atoms with E-state index in [0.717, 1.165) is 37.1 Å². The van der Waals surface area contributed by atoms with Gasteiger partial charge in [0, 0.05) is 11.1 Å². The zero-order valence-electron chi connectivity index (χ0n) is 15.8. The van der Waals surface area contributed by atoms with E-state index in [4.69, 9.17) is 0 Å². The van der Waals surface area contributed by atoms with Crippen LogP contribution >= 0.6 is 0 Å². The summed E-state index contributed by atoms with van der Waals surface area (Å²) in [7, 11) is 0. The largest absolute Gasteiger partial charge is 0.303 e. The highest BCUT2D eigenvalue weighted by molar-refractivity contribution is 5.96. The predicted octanol–water partition coefficient (Wildman–Crippen LogP) is 5.39. The number of carbonyl (C=O) groups is 1. The summed E-state index contributed by atoms with van der Waals surface area (Å²) in [5.74, 6) is 3.72. The fraction of sp³-hybridized carbons (Fsp3) is 0.739. The molecule has 0 amide bonds. The summed E-state index contributed by atoms with van der Waals surface area (Å²) in [5.41, 5.74) is 2.98. The molecule has 0 aliphatic heterocycles. The first-order valence-electron chi connectivity index (χ1n) is 10.5. The Kier molecular flexibility index (Phi) is 4.73. The van der Waals surface area contributed by atoms with Gasteiger partial charge in [0.25, 0.3) is 0 Å². The fourth-order valence-corrected chi connectivity index (χ4v) is 7.16. The van der Waals surface area contributed by atoms with Crippen LogP contribution in [0.5, 0.6) is 0 Å². The average Bonchev–Trinajstić information content (AvgIpc) is 3.05. The molecule has 0 N–H and O–H groups in total. The van der Waals surface area contributed by atoms with Gasteiger partial charge in [-0.15, -0.1) is 6.58 Å². The van der Waals surface area contributed by atoms with Crippen molar-refractivity contribution in [3.63, 3.8) is 0 Å². The van der Waals surface area contributed by atoms with E-state index in [2.05, 4.69) is 24.6 Å². The Balaban J connectivity index is 1.57. The van der Waals surface area contributed by atoms with Crippen molar-refractivity contribution in [2.45, 2.75) is 64.7 Å². The van der Waals surface area contributed by atoms with Crippen LogP contribution in [-0.4, -0.2) is 18.5 Å². The number of fused-ring (bicyclic) bond motifs is 5. The Morgan fingerprint density at radius 2 is 2.08 bits per heavy atom. The van der Waals surface area contributed by atoms with Crippen molar-refractivity contribution >= 4 is 12.0 Å². The maximum absolute atomic E-state index is 12.2. The standard InChI is InChI=1S/C23H33NO/c1-3-13-24-18-7-9-19-16(14-18)5-8-21-20(19)11-12-23(15-25)17(4-2)6-10-22(21)23/h3,14-15,17,19-22H,1,4-13H2,2H3/b24-18-. The number of aliphatic imine (C=N–C) groups is 1. The normalized spacial score (nSPS) is 44.4. The first kappa shape index (κ1) is 17.2. The van der Waals surface area contributed by atoms with Crippen LogP contribution < -0.4 is 0 Å². The van der Waals surface area contributed by atoms with Crippen LogP contribution in [0.25, 0.3) is 0 Å². The second-order valence-electron chi connectivity index (χ2n) is 8.91. The molecule has 2 heteroatoms. The molecule has 0 aromatic carbocycles. The van der Waals surface area contributed by atoms with Gasteiger partial charge in [-0.1, -0.05) is 25.0 Å². The summed E-state index contributed by atoms with van der Waals surface area (Å²) in [4.78, 5) is 16.9. The minimum Gasteiger partial charge on any atom is -0.303 e. The quantitative estimate of drug-likeness (QED) is 0.498. The lowest BCUT2D eigenvalue weighted by molar-refractivity contribution is -0.128. The molecule has 25 heavy (non-hydrogen) atoms. The molecule has 0 bridgehead atoms. The number of hydrogen-bond donors (Lipinski definition) is 0. The molecule has 4 aliphatic carbocycles. The minimum atomic E-state index is 0.0301. The van der Waals surface area contributed by atoms with Crippen LogP contribution in [0.15, 0.2) is 29.3 Å². The SMILES string of the molecule is C=CC/N=C1\C=C2CCC3C(CCC4(C=O)C(CC)CCC34)C2CC1. The summed E-state index contributed by atoms with van der Waals surface area (Å²) >= 11 is 0. The topological polar surface area (TPSA) is 29.4 Å². The first-order chi connectivity index (χ1) is 12.2. The van der Waals surface area contributed by atoms with E-state index in [1.165, 1.54) is 56.9 Å². The van der Waals surface area contributed by atoms with Gasteiger partial charge in [-0.2, -0.15) is 0 Å². The highest BCUT2D eigenvalue weighted by Crippen LogP contribution is 2.63. The number of allylic oxidation sites excluding steroid dienone is 2. The highest BCUT2D eigenvalue weighted by atomic mass is 16.1. The van der Waals surface area contributed by atoms with Gasteiger partial charge in [-0.25, -0.2) is 0 Å². The molecule has 0 heterocycles. The van der Waals surface area contributed by atoms with Crippen molar-refractivity contribution in [3.8, 4) is 0 Å². The van der Waals surface area contributed by atoms with E-state index in [-0.39, 0.29) is 5.41 Å². The first-order valence-corrected chi connectivity index (χ1v) is 10.5. The number of nitrogens with zero attached hydrogens (tertiary/aromatic N) is 1. The van der Waals surface area contributed by atoms with E-state index in [9.17, 15) is 4.79 Å².